The molecule has 5 aliphatic rings. The number of amides is 4. The molecular weight excluding hydrogens is 692 g/mol. The highest BCUT2D eigenvalue weighted by molar-refractivity contribution is 6.35. The number of fused-ring (bicyclic) bond motifs is 6. The van der Waals surface area contributed by atoms with Gasteiger partial charge in [0.15, 0.2) is 0 Å². The van der Waals surface area contributed by atoms with Gasteiger partial charge in [0.1, 0.15) is 11.9 Å². The van der Waals surface area contributed by atoms with Crippen LogP contribution in [0.4, 0.5) is 5.69 Å². The molecule has 1 saturated carbocycles. The van der Waals surface area contributed by atoms with Crippen molar-refractivity contribution in [1.29, 1.82) is 0 Å². The smallest absolute Gasteiger partial charge is 0.282 e. The summed E-state index contributed by atoms with van der Waals surface area (Å²) in [6, 6.07) is 17.3. The third-order valence-corrected chi connectivity index (χ3v) is 12.7. The van der Waals surface area contributed by atoms with Crippen molar-refractivity contribution in [2.75, 3.05) is 18.4 Å². The average Bonchev–Trinajstić information content (AvgIpc) is 3.54. The first-order valence-corrected chi connectivity index (χ1v) is 19.1. The van der Waals surface area contributed by atoms with Crippen LogP contribution >= 0.6 is 11.6 Å². The Hall–Kier alpha value is -4.87. The number of piperidine rings is 2. The zero-order chi connectivity index (χ0) is 36.8. The molecule has 2 N–H and O–H groups in total. The predicted molar refractivity (Wildman–Crippen MR) is 201 cm³/mol. The minimum atomic E-state index is -0.982. The summed E-state index contributed by atoms with van der Waals surface area (Å²) in [4.78, 5) is 72.3. The number of anilines is 1. The Balaban J connectivity index is 0.838. The summed E-state index contributed by atoms with van der Waals surface area (Å²) in [5.41, 5.74) is 4.88. The van der Waals surface area contributed by atoms with Crippen molar-refractivity contribution >= 4 is 51.8 Å². The van der Waals surface area contributed by atoms with Crippen molar-refractivity contribution in [3.63, 3.8) is 0 Å². The summed E-state index contributed by atoms with van der Waals surface area (Å²) in [5.74, 6) is -0.771. The second-order valence-corrected chi connectivity index (χ2v) is 16.2. The number of halogens is 1. The molecule has 272 valence electrons. The van der Waals surface area contributed by atoms with Gasteiger partial charge in [-0.1, -0.05) is 35.9 Å². The van der Waals surface area contributed by atoms with Crippen molar-refractivity contribution in [2.45, 2.75) is 94.7 Å². The van der Waals surface area contributed by atoms with E-state index >= 15 is 0 Å². The predicted octanol–water partition coefficient (Wildman–Crippen LogP) is 5.68. The normalized spacial score (nSPS) is 24.3. The fourth-order valence-electron chi connectivity index (χ4n) is 9.55. The van der Waals surface area contributed by atoms with E-state index in [4.69, 9.17) is 11.6 Å². The van der Waals surface area contributed by atoms with Crippen LogP contribution < -0.4 is 16.2 Å². The summed E-state index contributed by atoms with van der Waals surface area (Å²) in [7, 11) is 0. The van der Waals surface area contributed by atoms with E-state index in [1.54, 1.807) is 18.2 Å². The lowest BCUT2D eigenvalue weighted by Gasteiger charge is -2.41. The van der Waals surface area contributed by atoms with Gasteiger partial charge in [0.25, 0.3) is 17.4 Å². The lowest BCUT2D eigenvalue weighted by Crippen LogP contribution is -2.54. The molecular formula is C41H41ClN6O5. The highest BCUT2D eigenvalue weighted by Gasteiger charge is 2.46. The highest BCUT2D eigenvalue weighted by Crippen LogP contribution is 2.45. The summed E-state index contributed by atoms with van der Waals surface area (Å²) < 4.78 is 2.11. The molecule has 5 heterocycles. The number of carbonyl (C=O) groups excluding carboxylic acids is 4. The Morgan fingerprint density at radius 1 is 0.868 bits per heavy atom. The second kappa shape index (κ2) is 12.6. The van der Waals surface area contributed by atoms with E-state index in [2.05, 4.69) is 57.1 Å². The molecule has 4 aliphatic heterocycles. The maximum Gasteiger partial charge on any atom is 0.282 e. The van der Waals surface area contributed by atoms with E-state index in [0.717, 1.165) is 73.5 Å². The molecule has 4 aromatic rings. The van der Waals surface area contributed by atoms with Crippen LogP contribution in [0.1, 0.15) is 109 Å². The molecule has 11 nitrogen and oxygen atoms in total. The quantitative estimate of drug-likeness (QED) is 0.251. The van der Waals surface area contributed by atoms with Crippen LogP contribution in [-0.4, -0.2) is 74.2 Å². The van der Waals surface area contributed by atoms with Gasteiger partial charge >= 0.3 is 0 Å². The van der Waals surface area contributed by atoms with Gasteiger partial charge < -0.3 is 10.2 Å². The van der Waals surface area contributed by atoms with E-state index in [-0.39, 0.29) is 30.3 Å². The van der Waals surface area contributed by atoms with Crippen LogP contribution in [0.3, 0.4) is 0 Å². The number of benzene rings is 3. The number of hydrogen-bond donors (Lipinski definition) is 2. The zero-order valence-corrected chi connectivity index (χ0v) is 30.5. The zero-order valence-electron chi connectivity index (χ0n) is 29.8. The number of hydrogen-bond acceptors (Lipinski definition) is 8. The van der Waals surface area contributed by atoms with E-state index in [1.807, 2.05) is 18.2 Å². The van der Waals surface area contributed by atoms with Crippen LogP contribution in [0.2, 0.25) is 5.02 Å². The number of imide groups is 2. The number of rotatable bonds is 5. The largest absolute Gasteiger partial charge is 0.382 e. The second-order valence-electron chi connectivity index (χ2n) is 15.7. The van der Waals surface area contributed by atoms with E-state index in [0.29, 0.717) is 39.2 Å². The summed E-state index contributed by atoms with van der Waals surface area (Å²) in [6.45, 7) is 6.35. The van der Waals surface area contributed by atoms with Gasteiger partial charge in [-0.3, -0.25) is 38.8 Å². The summed E-state index contributed by atoms with van der Waals surface area (Å²) in [5, 5.41) is 6.71. The van der Waals surface area contributed by atoms with Crippen molar-refractivity contribution in [1.82, 2.24) is 24.7 Å². The standard InChI is InChI=1S/C41H41ClN6O5/c1-41(2)27-21-23(9-14-30(27)47-31-8-4-6-28(42)35(31)37(51)45-40(41)47)22-17-19-46(20-18-22)25-12-10-24(11-13-25)43-29-7-3-5-26-34(29)39(53)48(38(26)52)32-15-16-33(49)44-36(32)50/h3-9,14,21-22,24-25,32,43H,10-13,15-20H2,1-2H3,(H,44,49,50). The minimum absolute atomic E-state index is 0.0911. The van der Waals surface area contributed by atoms with Gasteiger partial charge in [0.2, 0.25) is 11.8 Å². The molecule has 2 saturated heterocycles. The molecule has 1 aliphatic carbocycles. The molecule has 0 radical (unpaired) electrons. The lowest BCUT2D eigenvalue weighted by atomic mass is 9.81. The molecule has 0 spiro atoms. The Morgan fingerprint density at radius 3 is 2.38 bits per heavy atom. The van der Waals surface area contributed by atoms with Crippen LogP contribution in [0, 0.1) is 0 Å². The molecule has 4 amide bonds. The SMILES string of the molecule is CC1(C)c2cc(C3CCN(C4CCC(Nc5cccc6c5C(=O)N(C5CCC(=O)NC5=O)C6=O)CC4)CC3)ccc2-n2c1nc(=O)c1c(Cl)cccc12. The van der Waals surface area contributed by atoms with Crippen molar-refractivity contribution < 1.29 is 19.2 Å². The summed E-state index contributed by atoms with van der Waals surface area (Å²) >= 11 is 6.46. The summed E-state index contributed by atoms with van der Waals surface area (Å²) in [6.07, 6.45) is 6.37. The number of nitrogens with one attached hydrogen (secondary N) is 2. The molecule has 9 rings (SSSR count). The van der Waals surface area contributed by atoms with Gasteiger partial charge in [0.05, 0.1) is 38.2 Å². The number of aromatic nitrogens is 2. The fraction of sp³-hybridized carbons (Fsp3) is 0.415. The Labute approximate surface area is 311 Å². The van der Waals surface area contributed by atoms with E-state index in [1.165, 1.54) is 11.1 Å². The third-order valence-electron chi connectivity index (χ3n) is 12.4. The molecule has 3 fully saturated rings. The van der Waals surface area contributed by atoms with Crippen molar-refractivity contribution in [3.05, 3.63) is 98.1 Å². The maximum absolute atomic E-state index is 13.6. The number of carbonyl (C=O) groups is 4. The first-order chi connectivity index (χ1) is 25.5. The Morgan fingerprint density at radius 2 is 1.62 bits per heavy atom. The van der Waals surface area contributed by atoms with E-state index < -0.39 is 29.2 Å². The molecule has 53 heavy (non-hydrogen) atoms. The molecule has 1 unspecified atom stereocenters. The maximum atomic E-state index is 13.6. The van der Waals surface area contributed by atoms with Gasteiger partial charge in [-0.2, -0.15) is 4.98 Å². The van der Waals surface area contributed by atoms with Crippen LogP contribution in [-0.2, 0) is 15.0 Å². The first-order valence-electron chi connectivity index (χ1n) is 18.7. The molecule has 1 atom stereocenters. The monoisotopic (exact) mass is 732 g/mol. The van der Waals surface area contributed by atoms with Crippen LogP contribution in [0.15, 0.2) is 59.4 Å². The first kappa shape index (κ1) is 33.9. The van der Waals surface area contributed by atoms with Crippen LogP contribution in [0.5, 0.6) is 0 Å². The van der Waals surface area contributed by atoms with Gasteiger partial charge in [-0.05, 0) is 119 Å². The number of likely N-dealkylation sites (tertiary alicyclic amines) is 1. The third kappa shape index (κ3) is 5.42. The molecule has 3 aromatic carbocycles. The van der Waals surface area contributed by atoms with Gasteiger partial charge in [-0.15, -0.1) is 0 Å². The topological polar surface area (TPSA) is 134 Å². The number of nitrogens with zero attached hydrogens (tertiary/aromatic N) is 4. The highest BCUT2D eigenvalue weighted by atomic mass is 35.5. The van der Waals surface area contributed by atoms with Crippen LogP contribution in [0.25, 0.3) is 16.6 Å². The van der Waals surface area contributed by atoms with E-state index in [9.17, 15) is 24.0 Å². The lowest BCUT2D eigenvalue weighted by molar-refractivity contribution is -0.136. The Kier molecular flexibility index (Phi) is 8.08. The molecule has 12 heteroatoms. The van der Waals surface area contributed by atoms with Crippen molar-refractivity contribution in [3.8, 4) is 5.69 Å². The van der Waals surface area contributed by atoms with Crippen molar-refractivity contribution in [2.24, 2.45) is 0 Å². The average molecular weight is 733 g/mol. The Bertz CT molecular complexity index is 2300. The fourth-order valence-corrected chi connectivity index (χ4v) is 9.80. The minimum Gasteiger partial charge on any atom is -0.382 e. The molecule has 1 aromatic heterocycles. The van der Waals surface area contributed by atoms with Gasteiger partial charge in [0, 0.05) is 24.2 Å². The van der Waals surface area contributed by atoms with Gasteiger partial charge in [-0.25, -0.2) is 0 Å². The molecule has 0 bridgehead atoms.